The van der Waals surface area contributed by atoms with Crippen LogP contribution < -0.4 is 5.32 Å². The molecule has 5 heteroatoms. The number of urea groups is 1. The van der Waals surface area contributed by atoms with Crippen LogP contribution in [0.1, 0.15) is 24.4 Å². The van der Waals surface area contributed by atoms with Crippen LogP contribution in [-0.2, 0) is 4.79 Å². The lowest BCUT2D eigenvalue weighted by Gasteiger charge is -2.50. The van der Waals surface area contributed by atoms with Crippen LogP contribution in [0.25, 0.3) is 0 Å². The van der Waals surface area contributed by atoms with Crippen molar-refractivity contribution in [3.05, 3.63) is 41.6 Å². The van der Waals surface area contributed by atoms with Gasteiger partial charge in [-0.3, -0.25) is 9.69 Å². The van der Waals surface area contributed by atoms with Crippen molar-refractivity contribution in [2.75, 3.05) is 19.4 Å². The number of likely N-dealkylation sites (N-methyl/N-ethyl adjacent to an activating group) is 2. The van der Waals surface area contributed by atoms with Crippen molar-refractivity contribution in [3.8, 4) is 0 Å². The van der Waals surface area contributed by atoms with E-state index in [9.17, 15) is 9.59 Å². The minimum atomic E-state index is -0.820. The van der Waals surface area contributed by atoms with E-state index in [1.807, 2.05) is 30.3 Å². The van der Waals surface area contributed by atoms with Gasteiger partial charge in [0.1, 0.15) is 0 Å². The third-order valence-corrected chi connectivity index (χ3v) is 4.89. The summed E-state index contributed by atoms with van der Waals surface area (Å²) >= 11 is 0. The third kappa shape index (κ3) is 1.31. The number of ketones is 1. The van der Waals surface area contributed by atoms with Gasteiger partial charge < -0.3 is 10.2 Å². The Hall–Kier alpha value is -2.30. The summed E-state index contributed by atoms with van der Waals surface area (Å²) in [7, 11) is 3.51. The molecule has 2 unspecified atom stereocenters. The number of amides is 2. The number of nitrogens with zero attached hydrogens (tertiary/aromatic N) is 2. The van der Waals surface area contributed by atoms with E-state index in [-0.39, 0.29) is 17.9 Å². The van der Waals surface area contributed by atoms with E-state index in [0.29, 0.717) is 12.8 Å². The molecular formula is C16H17N3O2. The van der Waals surface area contributed by atoms with Gasteiger partial charge in [0.2, 0.25) is 0 Å². The molecule has 1 saturated heterocycles. The van der Waals surface area contributed by atoms with Crippen LogP contribution in [0.4, 0.5) is 10.5 Å². The minimum absolute atomic E-state index is 0.0740. The number of carbonyl (C=O) groups excluding carboxylic acids is 2. The molecule has 1 aromatic carbocycles. The van der Waals surface area contributed by atoms with E-state index >= 15 is 0 Å². The minimum Gasteiger partial charge on any atom is -0.366 e. The van der Waals surface area contributed by atoms with Crippen LogP contribution in [0.15, 0.2) is 36.0 Å². The second-order valence-electron chi connectivity index (χ2n) is 5.93. The number of anilines is 1. The molecular weight excluding hydrogens is 266 g/mol. The number of rotatable bonds is 0. The number of allylic oxidation sites excluding steroid dienone is 1. The zero-order valence-corrected chi connectivity index (χ0v) is 12.1. The topological polar surface area (TPSA) is 52.7 Å². The summed E-state index contributed by atoms with van der Waals surface area (Å²) in [4.78, 5) is 28.6. The molecule has 0 bridgehead atoms. The summed E-state index contributed by atoms with van der Waals surface area (Å²) in [6.07, 6.45) is 3.23. The quantitative estimate of drug-likeness (QED) is 0.793. The van der Waals surface area contributed by atoms with E-state index < -0.39 is 5.54 Å². The Bertz CT molecular complexity index is 697. The highest BCUT2D eigenvalue weighted by molar-refractivity contribution is 6.02. The van der Waals surface area contributed by atoms with E-state index in [2.05, 4.69) is 5.32 Å². The largest absolute Gasteiger partial charge is 0.366 e. The molecule has 2 aliphatic heterocycles. The average molecular weight is 283 g/mol. The Morgan fingerprint density at radius 2 is 2.00 bits per heavy atom. The van der Waals surface area contributed by atoms with Crippen molar-refractivity contribution in [1.82, 2.24) is 9.80 Å². The molecule has 1 N–H and O–H groups in total. The van der Waals surface area contributed by atoms with Gasteiger partial charge >= 0.3 is 6.03 Å². The maximum atomic E-state index is 12.8. The standard InChI is InChI=1S/C16H17N3O2/c1-18-12-8-5-9-13(20)16(12)14(19(2)15(18)21)10-6-3-4-7-11(10)17-16/h3-4,6-8,14,17H,5,9H2,1-2H3. The summed E-state index contributed by atoms with van der Waals surface area (Å²) < 4.78 is 0. The van der Waals surface area contributed by atoms with Crippen LogP contribution in [0.5, 0.6) is 0 Å². The van der Waals surface area contributed by atoms with Gasteiger partial charge in [-0.25, -0.2) is 4.79 Å². The molecule has 1 fully saturated rings. The Morgan fingerprint density at radius 1 is 1.24 bits per heavy atom. The van der Waals surface area contributed by atoms with Crippen molar-refractivity contribution >= 4 is 17.5 Å². The summed E-state index contributed by atoms with van der Waals surface area (Å²) in [6.45, 7) is 0. The highest BCUT2D eigenvalue weighted by Crippen LogP contribution is 2.53. The number of nitrogens with one attached hydrogen (secondary N) is 1. The molecule has 2 heterocycles. The highest BCUT2D eigenvalue weighted by Gasteiger charge is 2.61. The normalized spacial score (nSPS) is 30.4. The first kappa shape index (κ1) is 12.4. The van der Waals surface area contributed by atoms with Gasteiger partial charge in [0.05, 0.1) is 11.7 Å². The van der Waals surface area contributed by atoms with E-state index in [4.69, 9.17) is 0 Å². The molecule has 5 nitrogen and oxygen atoms in total. The highest BCUT2D eigenvalue weighted by atomic mass is 16.2. The van der Waals surface area contributed by atoms with Gasteiger partial charge in [-0.05, 0) is 12.5 Å². The van der Waals surface area contributed by atoms with Gasteiger partial charge in [0.15, 0.2) is 11.3 Å². The molecule has 2 atom stereocenters. The number of hydrogen-bond acceptors (Lipinski definition) is 3. The molecule has 3 aliphatic rings. The van der Waals surface area contributed by atoms with Crippen molar-refractivity contribution < 1.29 is 9.59 Å². The van der Waals surface area contributed by atoms with Crippen molar-refractivity contribution in [1.29, 1.82) is 0 Å². The first-order valence-electron chi connectivity index (χ1n) is 7.19. The molecule has 4 rings (SSSR count). The number of hydrogen-bond donors (Lipinski definition) is 1. The molecule has 0 aromatic heterocycles. The summed E-state index contributed by atoms with van der Waals surface area (Å²) in [5.74, 6) is 0.160. The third-order valence-electron chi connectivity index (χ3n) is 4.89. The van der Waals surface area contributed by atoms with Crippen LogP contribution in [0, 0.1) is 0 Å². The Labute approximate surface area is 123 Å². The van der Waals surface area contributed by atoms with Crippen LogP contribution in [0.2, 0.25) is 0 Å². The maximum absolute atomic E-state index is 12.8. The van der Waals surface area contributed by atoms with E-state index in [1.165, 1.54) is 0 Å². The van der Waals surface area contributed by atoms with Gasteiger partial charge in [0.25, 0.3) is 0 Å². The first-order valence-corrected chi connectivity index (χ1v) is 7.19. The van der Waals surface area contributed by atoms with Gasteiger partial charge in [0, 0.05) is 31.8 Å². The number of fused-ring (bicyclic) bond motifs is 2. The Kier molecular flexibility index (Phi) is 2.29. The lowest BCUT2D eigenvalue weighted by atomic mass is 9.74. The predicted molar refractivity (Wildman–Crippen MR) is 78.8 cm³/mol. The first-order chi connectivity index (χ1) is 10.1. The van der Waals surface area contributed by atoms with E-state index in [1.54, 1.807) is 23.9 Å². The van der Waals surface area contributed by atoms with E-state index in [0.717, 1.165) is 16.9 Å². The smallest absolute Gasteiger partial charge is 0.324 e. The summed E-state index contributed by atoms with van der Waals surface area (Å²) in [5, 5.41) is 3.43. The van der Waals surface area contributed by atoms with Gasteiger partial charge in [-0.1, -0.05) is 24.3 Å². The van der Waals surface area contributed by atoms with Gasteiger partial charge in [-0.2, -0.15) is 0 Å². The molecule has 0 saturated carbocycles. The lowest BCUT2D eigenvalue weighted by molar-refractivity contribution is -0.125. The monoisotopic (exact) mass is 283 g/mol. The van der Waals surface area contributed by atoms with Gasteiger partial charge in [-0.15, -0.1) is 0 Å². The van der Waals surface area contributed by atoms with Crippen molar-refractivity contribution in [2.45, 2.75) is 24.4 Å². The number of Topliss-reactive ketones (excluding diaryl/α,β-unsaturated/α-hetero) is 1. The predicted octanol–water partition coefficient (Wildman–Crippen LogP) is 2.14. The fourth-order valence-electron chi connectivity index (χ4n) is 3.98. The maximum Gasteiger partial charge on any atom is 0.324 e. The zero-order valence-electron chi connectivity index (χ0n) is 12.1. The average Bonchev–Trinajstić information content (AvgIpc) is 2.83. The lowest BCUT2D eigenvalue weighted by Crippen LogP contribution is -2.65. The molecule has 0 radical (unpaired) electrons. The molecule has 21 heavy (non-hydrogen) atoms. The summed E-state index contributed by atoms with van der Waals surface area (Å²) in [6, 6.07) is 7.53. The molecule has 108 valence electrons. The second-order valence-corrected chi connectivity index (χ2v) is 5.93. The fourth-order valence-corrected chi connectivity index (χ4v) is 3.98. The molecule has 2 amide bonds. The Balaban J connectivity index is 2.00. The number of carbonyl (C=O) groups is 2. The SMILES string of the molecule is CN1C(=O)N(C)C2c3ccccc3NC23C(=O)CCC=C13. The molecule has 1 aromatic rings. The molecule has 1 aliphatic carbocycles. The summed E-state index contributed by atoms with van der Waals surface area (Å²) in [5.41, 5.74) is 1.93. The van der Waals surface area contributed by atoms with Crippen molar-refractivity contribution in [2.24, 2.45) is 0 Å². The number of para-hydroxylation sites is 1. The van der Waals surface area contributed by atoms with Crippen LogP contribution in [-0.4, -0.2) is 41.2 Å². The second kappa shape index (κ2) is 3.87. The fraction of sp³-hybridized carbons (Fsp3) is 0.375. The van der Waals surface area contributed by atoms with Crippen LogP contribution in [0.3, 0.4) is 0 Å². The number of benzene rings is 1. The Morgan fingerprint density at radius 3 is 2.81 bits per heavy atom. The molecule has 1 spiro atoms. The van der Waals surface area contributed by atoms with Crippen molar-refractivity contribution in [3.63, 3.8) is 0 Å². The van der Waals surface area contributed by atoms with Crippen LogP contribution >= 0.6 is 0 Å². The zero-order chi connectivity index (χ0) is 14.8.